The van der Waals surface area contributed by atoms with Crippen LogP contribution >= 0.6 is 23.2 Å². The van der Waals surface area contributed by atoms with E-state index in [4.69, 9.17) is 32.7 Å². The molecule has 0 spiro atoms. The number of nitrogens with one attached hydrogen (secondary N) is 2. The third kappa shape index (κ3) is 5.27. The van der Waals surface area contributed by atoms with E-state index in [1.165, 1.54) is 5.56 Å². The fourth-order valence-corrected chi connectivity index (χ4v) is 4.27. The predicted molar refractivity (Wildman–Crippen MR) is 122 cm³/mol. The van der Waals surface area contributed by atoms with E-state index in [2.05, 4.69) is 29.7 Å². The van der Waals surface area contributed by atoms with Crippen molar-refractivity contribution in [1.29, 1.82) is 0 Å². The predicted octanol–water partition coefficient (Wildman–Crippen LogP) is 4.98. The van der Waals surface area contributed by atoms with Gasteiger partial charge in [0.1, 0.15) is 5.75 Å². The Morgan fingerprint density at radius 2 is 1.93 bits per heavy atom. The third-order valence-corrected chi connectivity index (χ3v) is 6.25. The number of rotatable bonds is 7. The summed E-state index contributed by atoms with van der Waals surface area (Å²) in [6.07, 6.45) is 1.72. The van der Waals surface area contributed by atoms with Gasteiger partial charge in [0.05, 0.1) is 23.9 Å². The van der Waals surface area contributed by atoms with Crippen molar-refractivity contribution in [2.45, 2.75) is 38.1 Å². The lowest BCUT2D eigenvalue weighted by atomic mass is 9.73. The summed E-state index contributed by atoms with van der Waals surface area (Å²) in [7, 11) is 1.69. The molecule has 3 rings (SSSR count). The van der Waals surface area contributed by atoms with Crippen LogP contribution in [-0.2, 0) is 14.9 Å². The van der Waals surface area contributed by atoms with E-state index in [1.54, 1.807) is 25.3 Å². The Labute approximate surface area is 188 Å². The van der Waals surface area contributed by atoms with E-state index in [0.717, 1.165) is 24.2 Å². The van der Waals surface area contributed by atoms with Crippen LogP contribution in [0.1, 0.15) is 30.9 Å². The summed E-state index contributed by atoms with van der Waals surface area (Å²) >= 11 is 12.1. The van der Waals surface area contributed by atoms with Crippen LogP contribution < -0.4 is 15.4 Å². The zero-order valence-electron chi connectivity index (χ0n) is 17.6. The maximum absolute atomic E-state index is 12.7. The number of halogens is 2. The average molecular weight is 451 g/mol. The molecule has 0 aromatic heterocycles. The number of carbonyl (C=O) groups excluding carboxylic acids is 1. The van der Waals surface area contributed by atoms with Crippen molar-refractivity contribution in [2.75, 3.05) is 32.2 Å². The molecular weight excluding hydrogens is 423 g/mol. The molecular formula is C23H28Cl2N2O3. The van der Waals surface area contributed by atoms with Gasteiger partial charge in [-0.05, 0) is 51.0 Å². The molecule has 7 heteroatoms. The Hall–Kier alpha value is -1.79. The number of ether oxygens (including phenoxy) is 2. The summed E-state index contributed by atoms with van der Waals surface area (Å²) in [5.41, 5.74) is 2.72. The normalized spacial score (nSPS) is 16.7. The molecule has 1 saturated heterocycles. The largest absolute Gasteiger partial charge is 0.496 e. The van der Waals surface area contributed by atoms with Gasteiger partial charge in [0, 0.05) is 35.8 Å². The van der Waals surface area contributed by atoms with Gasteiger partial charge in [-0.15, -0.1) is 0 Å². The number of hydrogen-bond donors (Lipinski definition) is 2. The number of aryl methyl sites for hydroxylation is 1. The maximum Gasteiger partial charge on any atom is 0.241 e. The first kappa shape index (κ1) is 22.9. The Kier molecular flexibility index (Phi) is 7.64. The van der Waals surface area contributed by atoms with Crippen molar-refractivity contribution in [3.05, 3.63) is 57.6 Å². The Balaban J connectivity index is 1.74. The van der Waals surface area contributed by atoms with Crippen LogP contribution in [0.15, 0.2) is 36.4 Å². The summed E-state index contributed by atoms with van der Waals surface area (Å²) in [6, 6.07) is 10.8. The lowest BCUT2D eigenvalue weighted by Gasteiger charge is -2.39. The number of methoxy groups -OCH3 is 1. The van der Waals surface area contributed by atoms with E-state index in [1.807, 2.05) is 13.0 Å². The Morgan fingerprint density at radius 1 is 1.20 bits per heavy atom. The summed E-state index contributed by atoms with van der Waals surface area (Å²) in [5.74, 6) is 0.715. The summed E-state index contributed by atoms with van der Waals surface area (Å²) in [5, 5.41) is 7.22. The molecule has 0 aliphatic carbocycles. The second-order valence-corrected chi connectivity index (χ2v) is 8.66. The SMILES string of the molecule is COc1ccc(C)cc1C1(CNC(C)C(=O)Nc2ccc(Cl)cc2Cl)CCOCC1. The average Bonchev–Trinajstić information content (AvgIpc) is 2.74. The summed E-state index contributed by atoms with van der Waals surface area (Å²) in [6.45, 7) is 5.92. The van der Waals surface area contributed by atoms with E-state index < -0.39 is 6.04 Å². The van der Waals surface area contributed by atoms with E-state index in [0.29, 0.717) is 35.5 Å². The van der Waals surface area contributed by atoms with Gasteiger partial charge in [-0.2, -0.15) is 0 Å². The van der Waals surface area contributed by atoms with Crippen molar-refractivity contribution in [3.63, 3.8) is 0 Å². The van der Waals surface area contributed by atoms with Gasteiger partial charge in [-0.1, -0.05) is 40.9 Å². The molecule has 1 atom stereocenters. The minimum atomic E-state index is -0.410. The zero-order chi connectivity index (χ0) is 21.7. The fourth-order valence-electron chi connectivity index (χ4n) is 3.81. The van der Waals surface area contributed by atoms with E-state index >= 15 is 0 Å². The minimum absolute atomic E-state index is 0.155. The minimum Gasteiger partial charge on any atom is -0.496 e. The van der Waals surface area contributed by atoms with Crippen molar-refractivity contribution >= 4 is 34.8 Å². The van der Waals surface area contributed by atoms with Crippen molar-refractivity contribution < 1.29 is 14.3 Å². The van der Waals surface area contributed by atoms with E-state index in [9.17, 15) is 4.79 Å². The fraction of sp³-hybridized carbons (Fsp3) is 0.435. The molecule has 1 aliphatic heterocycles. The highest BCUT2D eigenvalue weighted by Gasteiger charge is 2.37. The van der Waals surface area contributed by atoms with Crippen LogP contribution in [0.5, 0.6) is 5.75 Å². The van der Waals surface area contributed by atoms with Gasteiger partial charge in [0.15, 0.2) is 0 Å². The van der Waals surface area contributed by atoms with Crippen LogP contribution in [0.3, 0.4) is 0 Å². The standard InChI is InChI=1S/C23H28Cl2N2O3/c1-15-4-7-21(29-3)18(12-15)23(8-10-30-11-9-23)14-26-16(2)22(28)27-20-6-5-17(24)13-19(20)25/h4-7,12-13,16,26H,8-11,14H2,1-3H3,(H,27,28). The Morgan fingerprint density at radius 3 is 2.60 bits per heavy atom. The third-order valence-electron chi connectivity index (χ3n) is 5.71. The summed E-state index contributed by atoms with van der Waals surface area (Å²) < 4.78 is 11.3. The number of anilines is 1. The number of carbonyl (C=O) groups is 1. The van der Waals surface area contributed by atoms with Crippen molar-refractivity contribution in [2.24, 2.45) is 0 Å². The van der Waals surface area contributed by atoms with Crippen LogP contribution in [0.25, 0.3) is 0 Å². The quantitative estimate of drug-likeness (QED) is 0.624. The molecule has 0 radical (unpaired) electrons. The second kappa shape index (κ2) is 10.0. The molecule has 30 heavy (non-hydrogen) atoms. The molecule has 0 saturated carbocycles. The Bertz CT molecular complexity index is 898. The van der Waals surface area contributed by atoms with Crippen molar-refractivity contribution in [3.8, 4) is 5.75 Å². The van der Waals surface area contributed by atoms with Gasteiger partial charge in [-0.25, -0.2) is 0 Å². The van der Waals surface area contributed by atoms with Crippen LogP contribution in [-0.4, -0.2) is 38.8 Å². The molecule has 1 heterocycles. The number of hydrogen-bond acceptors (Lipinski definition) is 4. The first-order valence-corrected chi connectivity index (χ1v) is 10.8. The van der Waals surface area contributed by atoms with Gasteiger partial charge in [0.25, 0.3) is 0 Å². The topological polar surface area (TPSA) is 59.6 Å². The molecule has 5 nitrogen and oxygen atoms in total. The summed E-state index contributed by atoms with van der Waals surface area (Å²) in [4.78, 5) is 12.7. The highest BCUT2D eigenvalue weighted by atomic mass is 35.5. The van der Waals surface area contributed by atoms with Gasteiger partial charge < -0.3 is 20.1 Å². The molecule has 1 aliphatic rings. The van der Waals surface area contributed by atoms with E-state index in [-0.39, 0.29) is 11.3 Å². The first-order chi connectivity index (χ1) is 14.3. The molecule has 162 valence electrons. The van der Waals surface area contributed by atoms with Crippen LogP contribution in [0, 0.1) is 6.92 Å². The first-order valence-electron chi connectivity index (χ1n) is 10.1. The number of amides is 1. The van der Waals surface area contributed by atoms with Gasteiger partial charge in [-0.3, -0.25) is 4.79 Å². The van der Waals surface area contributed by atoms with Crippen LogP contribution in [0.2, 0.25) is 10.0 Å². The molecule has 2 aromatic carbocycles. The van der Waals surface area contributed by atoms with Gasteiger partial charge in [0.2, 0.25) is 5.91 Å². The molecule has 2 N–H and O–H groups in total. The smallest absolute Gasteiger partial charge is 0.241 e. The van der Waals surface area contributed by atoms with Crippen molar-refractivity contribution in [1.82, 2.24) is 5.32 Å². The molecule has 2 aromatic rings. The zero-order valence-corrected chi connectivity index (χ0v) is 19.1. The molecule has 1 amide bonds. The highest BCUT2D eigenvalue weighted by Crippen LogP contribution is 2.40. The van der Waals surface area contributed by atoms with Gasteiger partial charge >= 0.3 is 0 Å². The maximum atomic E-state index is 12.7. The lowest BCUT2D eigenvalue weighted by Crippen LogP contribution is -2.48. The van der Waals surface area contributed by atoms with Crippen LogP contribution in [0.4, 0.5) is 5.69 Å². The lowest BCUT2D eigenvalue weighted by molar-refractivity contribution is -0.117. The highest BCUT2D eigenvalue weighted by molar-refractivity contribution is 6.36. The number of benzene rings is 2. The molecule has 1 fully saturated rings. The second-order valence-electron chi connectivity index (χ2n) is 7.81. The molecule has 1 unspecified atom stereocenters. The monoisotopic (exact) mass is 450 g/mol. The molecule has 0 bridgehead atoms.